The van der Waals surface area contributed by atoms with Gasteiger partial charge >= 0.3 is 0 Å². The first-order valence-electron chi connectivity index (χ1n) is 7.52. The van der Waals surface area contributed by atoms with Crippen LogP contribution in [0.1, 0.15) is 86.5 Å². The van der Waals surface area contributed by atoms with E-state index < -0.39 is 0 Å². The second-order valence-electron chi connectivity index (χ2n) is 6.01. The van der Waals surface area contributed by atoms with Crippen LogP contribution in [-0.4, -0.2) is 0 Å². The molecule has 0 heterocycles. The summed E-state index contributed by atoms with van der Waals surface area (Å²) < 4.78 is 0. The molecule has 0 radical (unpaired) electrons. The summed E-state index contributed by atoms with van der Waals surface area (Å²) in [5.74, 6) is 1.86. The summed E-state index contributed by atoms with van der Waals surface area (Å²) in [5, 5.41) is 0. The van der Waals surface area contributed by atoms with E-state index in [2.05, 4.69) is 41.5 Å². The summed E-state index contributed by atoms with van der Waals surface area (Å²) in [6.07, 6.45) is 9.65. The first-order chi connectivity index (χ1) is 7.52. The molecule has 0 rings (SSSR count). The summed E-state index contributed by atoms with van der Waals surface area (Å²) in [7, 11) is 0. The average Bonchev–Trinajstić information content (AvgIpc) is 2.28. The topological polar surface area (TPSA) is 0 Å². The average molecular weight is 226 g/mol. The Morgan fingerprint density at radius 2 is 1.50 bits per heavy atom. The minimum absolute atomic E-state index is 0.606. The van der Waals surface area contributed by atoms with E-state index in [4.69, 9.17) is 0 Å². The molecular weight excluding hydrogens is 192 g/mol. The van der Waals surface area contributed by atoms with E-state index >= 15 is 0 Å². The van der Waals surface area contributed by atoms with Crippen molar-refractivity contribution < 1.29 is 0 Å². The van der Waals surface area contributed by atoms with Crippen LogP contribution in [0.2, 0.25) is 0 Å². The van der Waals surface area contributed by atoms with Crippen LogP contribution in [0.25, 0.3) is 0 Å². The van der Waals surface area contributed by atoms with E-state index in [0.717, 1.165) is 11.8 Å². The van der Waals surface area contributed by atoms with Gasteiger partial charge in [0.05, 0.1) is 0 Å². The van der Waals surface area contributed by atoms with Crippen LogP contribution < -0.4 is 0 Å². The maximum Gasteiger partial charge on any atom is -0.0328 e. The van der Waals surface area contributed by atoms with E-state index in [1.54, 1.807) is 0 Å². The van der Waals surface area contributed by atoms with Crippen LogP contribution >= 0.6 is 0 Å². The SMILES string of the molecule is CCCC(C)(CC)CCC(C)C(CC)CC. The van der Waals surface area contributed by atoms with Gasteiger partial charge in [0.2, 0.25) is 0 Å². The zero-order valence-electron chi connectivity index (χ0n) is 12.6. The van der Waals surface area contributed by atoms with E-state index in [1.165, 1.54) is 44.9 Å². The molecule has 0 heteroatoms. The highest BCUT2D eigenvalue weighted by Gasteiger charge is 2.23. The normalized spacial score (nSPS) is 17.4. The highest BCUT2D eigenvalue weighted by molar-refractivity contribution is 4.75. The summed E-state index contributed by atoms with van der Waals surface area (Å²) >= 11 is 0. The molecule has 0 saturated heterocycles. The van der Waals surface area contributed by atoms with Gasteiger partial charge in [-0.15, -0.1) is 0 Å². The molecule has 0 nitrogen and oxygen atoms in total. The van der Waals surface area contributed by atoms with Crippen molar-refractivity contribution in [3.63, 3.8) is 0 Å². The molecular formula is C16H34. The molecule has 0 aromatic rings. The summed E-state index contributed by atoms with van der Waals surface area (Å²) in [5.41, 5.74) is 0.606. The molecule has 0 amide bonds. The molecule has 0 N–H and O–H groups in total. The molecule has 0 aromatic heterocycles. The smallest absolute Gasteiger partial charge is 0.0328 e. The zero-order chi connectivity index (χ0) is 12.6. The molecule has 98 valence electrons. The largest absolute Gasteiger partial charge is 0.0654 e. The molecule has 0 fully saturated rings. The summed E-state index contributed by atoms with van der Waals surface area (Å²) in [4.78, 5) is 0. The van der Waals surface area contributed by atoms with E-state index in [-0.39, 0.29) is 0 Å². The molecule has 0 aromatic carbocycles. The van der Waals surface area contributed by atoms with E-state index in [9.17, 15) is 0 Å². The third-order valence-corrected chi connectivity index (χ3v) is 4.76. The van der Waals surface area contributed by atoms with Gasteiger partial charge in [0, 0.05) is 0 Å². The molecule has 16 heavy (non-hydrogen) atoms. The highest BCUT2D eigenvalue weighted by Crippen LogP contribution is 2.36. The lowest BCUT2D eigenvalue weighted by Gasteiger charge is -2.31. The van der Waals surface area contributed by atoms with E-state index in [1.807, 2.05) is 0 Å². The van der Waals surface area contributed by atoms with Crippen LogP contribution in [-0.2, 0) is 0 Å². The van der Waals surface area contributed by atoms with Crippen LogP contribution in [0.5, 0.6) is 0 Å². The van der Waals surface area contributed by atoms with Gasteiger partial charge in [0.15, 0.2) is 0 Å². The zero-order valence-corrected chi connectivity index (χ0v) is 12.6. The number of rotatable bonds is 9. The van der Waals surface area contributed by atoms with Crippen LogP contribution in [0.3, 0.4) is 0 Å². The molecule has 2 atom stereocenters. The standard InChI is InChI=1S/C16H34/c1-7-12-16(6,10-4)13-11-14(5)15(8-2)9-3/h14-15H,7-13H2,1-6H3. The van der Waals surface area contributed by atoms with Crippen molar-refractivity contribution in [2.75, 3.05) is 0 Å². The van der Waals surface area contributed by atoms with Gasteiger partial charge in [-0.25, -0.2) is 0 Å². The van der Waals surface area contributed by atoms with Gasteiger partial charge in [-0.2, -0.15) is 0 Å². The fourth-order valence-electron chi connectivity index (χ4n) is 2.99. The van der Waals surface area contributed by atoms with Crippen molar-refractivity contribution in [1.29, 1.82) is 0 Å². The Kier molecular flexibility index (Phi) is 8.14. The first-order valence-corrected chi connectivity index (χ1v) is 7.52. The van der Waals surface area contributed by atoms with Gasteiger partial charge in [0.1, 0.15) is 0 Å². The molecule has 0 aliphatic rings. The Morgan fingerprint density at radius 1 is 0.938 bits per heavy atom. The first kappa shape index (κ1) is 16.0. The molecule has 0 saturated carbocycles. The van der Waals surface area contributed by atoms with Crippen molar-refractivity contribution in [2.45, 2.75) is 86.5 Å². The Balaban J connectivity index is 4.09. The third-order valence-electron chi connectivity index (χ3n) is 4.76. The van der Waals surface area contributed by atoms with Gasteiger partial charge in [0.25, 0.3) is 0 Å². The van der Waals surface area contributed by atoms with Gasteiger partial charge < -0.3 is 0 Å². The van der Waals surface area contributed by atoms with Crippen LogP contribution in [0, 0.1) is 17.3 Å². The van der Waals surface area contributed by atoms with Crippen LogP contribution in [0.4, 0.5) is 0 Å². The summed E-state index contributed by atoms with van der Waals surface area (Å²) in [6.45, 7) is 14.3. The Bertz CT molecular complexity index is 157. The van der Waals surface area contributed by atoms with Gasteiger partial charge in [-0.05, 0) is 36.5 Å². The predicted molar refractivity (Wildman–Crippen MR) is 75.8 cm³/mol. The van der Waals surface area contributed by atoms with Crippen molar-refractivity contribution in [3.8, 4) is 0 Å². The van der Waals surface area contributed by atoms with Crippen LogP contribution in [0.15, 0.2) is 0 Å². The monoisotopic (exact) mass is 226 g/mol. The Morgan fingerprint density at radius 3 is 1.88 bits per heavy atom. The van der Waals surface area contributed by atoms with Crippen molar-refractivity contribution in [1.82, 2.24) is 0 Å². The second kappa shape index (κ2) is 8.14. The maximum absolute atomic E-state index is 2.48. The van der Waals surface area contributed by atoms with Gasteiger partial charge in [-0.1, -0.05) is 67.2 Å². The lowest BCUT2D eigenvalue weighted by Crippen LogP contribution is -2.18. The quantitative estimate of drug-likeness (QED) is 0.448. The number of hydrogen-bond donors (Lipinski definition) is 0. The minimum atomic E-state index is 0.606. The second-order valence-corrected chi connectivity index (χ2v) is 6.01. The Labute approximate surface area is 104 Å². The van der Waals surface area contributed by atoms with Crippen molar-refractivity contribution >= 4 is 0 Å². The summed E-state index contributed by atoms with van der Waals surface area (Å²) in [6, 6.07) is 0. The molecule has 0 spiro atoms. The lowest BCUT2D eigenvalue weighted by molar-refractivity contribution is 0.209. The van der Waals surface area contributed by atoms with Crippen molar-refractivity contribution in [2.24, 2.45) is 17.3 Å². The lowest BCUT2D eigenvalue weighted by atomic mass is 9.75. The fourth-order valence-corrected chi connectivity index (χ4v) is 2.99. The Hall–Kier alpha value is 0. The third kappa shape index (κ3) is 5.37. The fraction of sp³-hybridized carbons (Fsp3) is 1.00. The van der Waals surface area contributed by atoms with Crippen molar-refractivity contribution in [3.05, 3.63) is 0 Å². The molecule has 0 bridgehead atoms. The van der Waals surface area contributed by atoms with Gasteiger partial charge in [-0.3, -0.25) is 0 Å². The predicted octanol–water partition coefficient (Wildman–Crippen LogP) is 6.06. The molecule has 2 unspecified atom stereocenters. The maximum atomic E-state index is 2.48. The number of hydrogen-bond acceptors (Lipinski definition) is 0. The van der Waals surface area contributed by atoms with E-state index in [0.29, 0.717) is 5.41 Å². The molecule has 0 aliphatic carbocycles. The highest BCUT2D eigenvalue weighted by atomic mass is 14.3. The minimum Gasteiger partial charge on any atom is -0.0654 e. The molecule has 0 aliphatic heterocycles.